The molecule has 0 bridgehead atoms. The van der Waals surface area contributed by atoms with Gasteiger partial charge in [-0.05, 0) is 37.1 Å². The molecule has 10 heteroatoms. The van der Waals surface area contributed by atoms with E-state index in [4.69, 9.17) is 9.47 Å². The van der Waals surface area contributed by atoms with Crippen LogP contribution in [0.25, 0.3) is 0 Å². The minimum Gasteiger partial charge on any atom is -0.490 e. The highest BCUT2D eigenvalue weighted by atomic mass is 16.6. The molecule has 0 fully saturated rings. The van der Waals surface area contributed by atoms with Gasteiger partial charge in [-0.1, -0.05) is 6.08 Å². The van der Waals surface area contributed by atoms with Gasteiger partial charge in [0.15, 0.2) is 18.1 Å². The van der Waals surface area contributed by atoms with Crippen molar-refractivity contribution in [1.29, 1.82) is 0 Å². The number of carbonyl (C=O) groups is 1. The molecule has 158 valence electrons. The Morgan fingerprint density at radius 3 is 2.77 bits per heavy atom. The second-order valence-electron chi connectivity index (χ2n) is 5.83. The number of nitro groups is 1. The summed E-state index contributed by atoms with van der Waals surface area (Å²) < 4.78 is 15.9. The lowest BCUT2D eigenvalue weighted by molar-refractivity contribution is -0.385. The third-order valence-electron chi connectivity index (χ3n) is 3.73. The van der Waals surface area contributed by atoms with Crippen LogP contribution in [0.3, 0.4) is 0 Å². The number of nitrogens with zero attached hydrogens (tertiary/aromatic N) is 3. The highest BCUT2D eigenvalue weighted by Crippen LogP contribution is 2.33. The van der Waals surface area contributed by atoms with Gasteiger partial charge in [0.05, 0.1) is 24.9 Å². The lowest BCUT2D eigenvalue weighted by Crippen LogP contribution is -2.14. The number of methoxy groups -OCH3 is 1. The number of benzene rings is 1. The zero-order chi connectivity index (χ0) is 21.9. The molecule has 2 aromatic rings. The van der Waals surface area contributed by atoms with Crippen molar-refractivity contribution in [2.45, 2.75) is 13.3 Å². The predicted molar refractivity (Wildman–Crippen MR) is 111 cm³/mol. The molecular formula is C20H22N4O6. The quantitative estimate of drug-likeness (QED) is 0.195. The zero-order valence-electron chi connectivity index (χ0n) is 16.7. The van der Waals surface area contributed by atoms with E-state index in [1.165, 1.54) is 19.2 Å². The molecule has 0 radical (unpaired) electrons. The fraction of sp³-hybridized carbons (Fsp3) is 0.250. The first-order valence-electron chi connectivity index (χ1n) is 8.98. The molecular weight excluding hydrogens is 392 g/mol. The van der Waals surface area contributed by atoms with Crippen LogP contribution in [0.15, 0.2) is 48.2 Å². The van der Waals surface area contributed by atoms with Crippen LogP contribution < -0.4 is 14.9 Å². The molecule has 30 heavy (non-hydrogen) atoms. The van der Waals surface area contributed by atoms with Gasteiger partial charge in [0.2, 0.25) is 0 Å². The minimum absolute atomic E-state index is 0.109. The average molecular weight is 414 g/mol. The van der Waals surface area contributed by atoms with Gasteiger partial charge in [0.1, 0.15) is 12.0 Å². The van der Waals surface area contributed by atoms with Crippen LogP contribution in [0.4, 0.5) is 11.5 Å². The third-order valence-corrected chi connectivity index (χ3v) is 3.73. The largest absolute Gasteiger partial charge is 0.490 e. The summed E-state index contributed by atoms with van der Waals surface area (Å²) in [7, 11) is 1.28. The molecule has 0 saturated carbocycles. The molecule has 0 saturated heterocycles. The van der Waals surface area contributed by atoms with Crippen LogP contribution in [0.1, 0.15) is 18.1 Å². The number of anilines is 1. The first kappa shape index (κ1) is 22.3. The summed E-state index contributed by atoms with van der Waals surface area (Å²) in [6.45, 7) is 5.73. The Hall–Kier alpha value is -3.95. The first-order valence-corrected chi connectivity index (χ1v) is 8.98. The molecule has 1 N–H and O–H groups in total. The Labute approximate surface area is 173 Å². The molecule has 10 nitrogen and oxygen atoms in total. The maximum absolute atomic E-state index is 11.4. The van der Waals surface area contributed by atoms with Crippen LogP contribution in [-0.4, -0.2) is 42.4 Å². The van der Waals surface area contributed by atoms with Crippen LogP contribution in [0, 0.1) is 10.1 Å². The van der Waals surface area contributed by atoms with E-state index in [0.717, 1.165) is 11.8 Å². The van der Waals surface area contributed by atoms with Gasteiger partial charge in [-0.15, -0.1) is 6.58 Å². The van der Waals surface area contributed by atoms with Crippen LogP contribution >= 0.6 is 0 Å². The number of hydrogen-bond acceptors (Lipinski definition) is 9. The van der Waals surface area contributed by atoms with Crippen LogP contribution in [-0.2, 0) is 16.0 Å². The highest BCUT2D eigenvalue weighted by molar-refractivity contribution is 5.82. The van der Waals surface area contributed by atoms with E-state index in [0.29, 0.717) is 35.9 Å². The number of pyridine rings is 1. The van der Waals surface area contributed by atoms with E-state index < -0.39 is 10.9 Å². The van der Waals surface area contributed by atoms with Gasteiger partial charge in [0.25, 0.3) is 5.69 Å². The molecule has 1 heterocycles. The van der Waals surface area contributed by atoms with Crippen molar-refractivity contribution in [2.24, 2.45) is 5.10 Å². The fourth-order valence-electron chi connectivity index (χ4n) is 2.41. The smallest absolute Gasteiger partial charge is 0.343 e. The second-order valence-corrected chi connectivity index (χ2v) is 5.83. The van der Waals surface area contributed by atoms with Crippen molar-refractivity contribution in [1.82, 2.24) is 4.98 Å². The molecule has 1 aromatic heterocycles. The van der Waals surface area contributed by atoms with Gasteiger partial charge >= 0.3 is 5.97 Å². The van der Waals surface area contributed by atoms with Gasteiger partial charge in [0, 0.05) is 11.6 Å². The molecule has 0 amide bonds. The lowest BCUT2D eigenvalue weighted by Gasteiger charge is -2.16. The number of nitrogens with one attached hydrogen (secondary N) is 1. The molecule has 0 aliphatic carbocycles. The predicted octanol–water partition coefficient (Wildman–Crippen LogP) is 3.11. The topological polar surface area (TPSA) is 125 Å². The third kappa shape index (κ3) is 6.30. The van der Waals surface area contributed by atoms with Crippen LogP contribution in [0.2, 0.25) is 0 Å². The van der Waals surface area contributed by atoms with E-state index >= 15 is 0 Å². The van der Waals surface area contributed by atoms with Crippen molar-refractivity contribution in [2.75, 3.05) is 25.7 Å². The highest BCUT2D eigenvalue weighted by Gasteiger charge is 2.15. The van der Waals surface area contributed by atoms with E-state index in [1.807, 2.05) is 13.0 Å². The molecule has 1 aromatic carbocycles. The van der Waals surface area contributed by atoms with E-state index in [-0.39, 0.29) is 12.3 Å². The first-order chi connectivity index (χ1) is 14.5. The Kier molecular flexibility index (Phi) is 8.30. The minimum atomic E-state index is -0.528. The molecule has 0 atom stereocenters. The van der Waals surface area contributed by atoms with Crippen LogP contribution in [0.5, 0.6) is 11.5 Å². The number of rotatable bonds is 11. The Morgan fingerprint density at radius 2 is 2.17 bits per heavy atom. The molecule has 2 rings (SSSR count). The maximum Gasteiger partial charge on any atom is 0.343 e. The van der Waals surface area contributed by atoms with E-state index in [2.05, 4.69) is 26.8 Å². The van der Waals surface area contributed by atoms with Gasteiger partial charge in [-0.3, -0.25) is 15.5 Å². The number of esters is 1. The molecule has 0 unspecified atom stereocenters. The van der Waals surface area contributed by atoms with Gasteiger partial charge in [-0.2, -0.15) is 5.10 Å². The number of aromatic nitrogens is 1. The summed E-state index contributed by atoms with van der Waals surface area (Å²) in [5, 5.41) is 14.8. The van der Waals surface area contributed by atoms with Crippen molar-refractivity contribution < 1.29 is 23.9 Å². The lowest BCUT2D eigenvalue weighted by atomic mass is 10.1. The summed E-state index contributed by atoms with van der Waals surface area (Å²) in [6, 6.07) is 6.32. The average Bonchev–Trinajstić information content (AvgIpc) is 2.73. The normalized spacial score (nSPS) is 10.5. The summed E-state index contributed by atoms with van der Waals surface area (Å²) >= 11 is 0. The van der Waals surface area contributed by atoms with Crippen molar-refractivity contribution in [3.63, 3.8) is 0 Å². The molecule has 0 aliphatic rings. The number of hydrazone groups is 1. The zero-order valence-corrected chi connectivity index (χ0v) is 16.7. The van der Waals surface area contributed by atoms with E-state index in [1.54, 1.807) is 18.4 Å². The number of allylic oxidation sites excluding steroid dienone is 1. The molecule has 0 aliphatic heterocycles. The summed E-state index contributed by atoms with van der Waals surface area (Å²) in [6.07, 6.45) is 4.87. The second kappa shape index (κ2) is 11.1. The van der Waals surface area contributed by atoms with Gasteiger partial charge in [-0.25, -0.2) is 9.78 Å². The SMILES string of the molecule is C=CCc1cc(/C=N/Nc2ccc([N+](=O)[O-])cn2)cc(OCC)c1OCC(=O)OC. The van der Waals surface area contributed by atoms with E-state index in [9.17, 15) is 14.9 Å². The summed E-state index contributed by atoms with van der Waals surface area (Å²) in [5.74, 6) is 0.735. The fourth-order valence-corrected chi connectivity index (χ4v) is 2.41. The van der Waals surface area contributed by atoms with Crippen molar-refractivity contribution in [3.05, 3.63) is 64.4 Å². The Bertz CT molecular complexity index is 928. The number of hydrogen-bond donors (Lipinski definition) is 1. The van der Waals surface area contributed by atoms with Crippen molar-refractivity contribution >= 4 is 23.7 Å². The van der Waals surface area contributed by atoms with Gasteiger partial charge < -0.3 is 14.2 Å². The summed E-state index contributed by atoms with van der Waals surface area (Å²) in [4.78, 5) is 25.5. The number of carbonyl (C=O) groups excluding carboxylic acids is 1. The van der Waals surface area contributed by atoms with Crippen molar-refractivity contribution in [3.8, 4) is 11.5 Å². The standard InChI is InChI=1S/C20H22N4O6/c1-4-6-15-9-14(10-17(29-5-2)20(15)30-13-19(25)28-3)11-22-23-18-8-7-16(12-21-18)24(26)27/h4,7-12H,1,5-6,13H2,2-3H3,(H,21,23)/b22-11+. The maximum atomic E-state index is 11.4. The number of ether oxygens (including phenoxy) is 3. The monoisotopic (exact) mass is 414 g/mol. The summed E-state index contributed by atoms with van der Waals surface area (Å²) in [5.41, 5.74) is 4.06. The molecule has 0 spiro atoms. The Morgan fingerprint density at radius 1 is 1.37 bits per heavy atom. The Balaban J connectivity index is 2.23.